The summed E-state index contributed by atoms with van der Waals surface area (Å²) in [4.78, 5) is 40.6. The van der Waals surface area contributed by atoms with Gasteiger partial charge in [-0.05, 0) is 56.5 Å². The van der Waals surface area contributed by atoms with Gasteiger partial charge in [0, 0.05) is 50.5 Å². The summed E-state index contributed by atoms with van der Waals surface area (Å²) in [5.74, 6) is 0.157. The van der Waals surface area contributed by atoms with E-state index in [4.69, 9.17) is 0 Å². The molecule has 9 nitrogen and oxygen atoms in total. The first-order valence-electron chi connectivity index (χ1n) is 11.7. The highest BCUT2D eigenvalue weighted by molar-refractivity contribution is 6.01. The van der Waals surface area contributed by atoms with E-state index < -0.39 is 6.04 Å². The Hall–Kier alpha value is -2.49. The number of nitrogens with zero attached hydrogens (tertiary/aromatic N) is 2. The number of likely N-dealkylation sites (tertiary alicyclic amines) is 1. The van der Waals surface area contributed by atoms with Gasteiger partial charge >= 0.3 is 0 Å². The molecule has 1 aromatic carbocycles. The number of imide groups is 1. The van der Waals surface area contributed by atoms with Crippen molar-refractivity contribution in [2.45, 2.75) is 31.7 Å². The van der Waals surface area contributed by atoms with Crippen molar-refractivity contribution in [3.8, 4) is 0 Å². The number of carbonyl (C=O) groups excluding carboxylic acids is 3. The lowest BCUT2D eigenvalue weighted by Crippen LogP contribution is -2.47. The number of carbonyl (C=O) groups is 3. The summed E-state index contributed by atoms with van der Waals surface area (Å²) in [5, 5.41) is 11.9. The summed E-state index contributed by atoms with van der Waals surface area (Å²) in [6.45, 7) is 7.94. The highest BCUT2D eigenvalue weighted by Crippen LogP contribution is 2.20. The molecule has 3 amide bonds. The molecule has 0 spiro atoms. The Labute approximate surface area is 189 Å². The molecule has 3 aliphatic rings. The summed E-state index contributed by atoms with van der Waals surface area (Å²) in [7, 11) is 0. The first-order valence-corrected chi connectivity index (χ1v) is 11.7. The van der Waals surface area contributed by atoms with Gasteiger partial charge in [-0.2, -0.15) is 0 Å². The number of piperidine rings is 2. The van der Waals surface area contributed by atoms with Crippen LogP contribution in [-0.4, -0.2) is 85.9 Å². The van der Waals surface area contributed by atoms with Crippen molar-refractivity contribution in [2.24, 2.45) is 5.92 Å². The molecule has 0 aliphatic carbocycles. The van der Waals surface area contributed by atoms with E-state index in [1.54, 1.807) is 0 Å². The van der Waals surface area contributed by atoms with Crippen molar-refractivity contribution in [1.82, 2.24) is 20.4 Å². The van der Waals surface area contributed by atoms with Crippen molar-refractivity contribution >= 4 is 29.1 Å². The molecule has 3 saturated heterocycles. The number of rotatable bonds is 7. The molecule has 0 aromatic heterocycles. The minimum absolute atomic E-state index is 0.0243. The minimum Gasteiger partial charge on any atom is -0.374 e. The fourth-order valence-electron chi connectivity index (χ4n) is 4.71. The second-order valence-electron chi connectivity index (χ2n) is 9.05. The third kappa shape index (κ3) is 6.51. The topological polar surface area (TPSA) is 106 Å². The Balaban J connectivity index is 1.20. The van der Waals surface area contributed by atoms with E-state index in [1.807, 2.05) is 24.3 Å². The lowest BCUT2D eigenvalue weighted by molar-refractivity contribution is -0.133. The third-order valence-corrected chi connectivity index (χ3v) is 6.53. The summed E-state index contributed by atoms with van der Waals surface area (Å²) in [6, 6.07) is 6.91. The number of anilines is 2. The largest absolute Gasteiger partial charge is 0.374 e. The molecule has 1 aromatic rings. The van der Waals surface area contributed by atoms with Gasteiger partial charge in [0.1, 0.15) is 6.04 Å². The zero-order chi connectivity index (χ0) is 22.3. The van der Waals surface area contributed by atoms with Gasteiger partial charge < -0.3 is 20.9 Å². The summed E-state index contributed by atoms with van der Waals surface area (Å²) in [6.07, 6.45) is 3.07. The number of amides is 3. The highest BCUT2D eigenvalue weighted by Gasteiger charge is 2.26. The van der Waals surface area contributed by atoms with Gasteiger partial charge in [-0.25, -0.2) is 0 Å². The Kier molecular flexibility index (Phi) is 7.72. The van der Waals surface area contributed by atoms with E-state index >= 15 is 0 Å². The van der Waals surface area contributed by atoms with Gasteiger partial charge in [0.25, 0.3) is 0 Å². The summed E-state index contributed by atoms with van der Waals surface area (Å²) in [5.41, 5.74) is 1.44. The second-order valence-corrected chi connectivity index (χ2v) is 9.05. The predicted octanol–water partition coefficient (Wildman–Crippen LogP) is 0.459. The summed E-state index contributed by atoms with van der Waals surface area (Å²) >= 11 is 0. The van der Waals surface area contributed by atoms with Crippen LogP contribution in [0.4, 0.5) is 11.4 Å². The van der Waals surface area contributed by atoms with Crippen LogP contribution in [-0.2, 0) is 14.4 Å². The SMILES string of the molecule is O=C1CCC(Nc2cccc(NC(=O)CN3CCC(CN4CCNCC4)CC3)c2)C(=O)N1. The molecular weight excluding hydrogens is 408 g/mol. The zero-order valence-corrected chi connectivity index (χ0v) is 18.6. The van der Waals surface area contributed by atoms with E-state index in [0.717, 1.165) is 63.7 Å². The van der Waals surface area contributed by atoms with Crippen LogP contribution in [0, 0.1) is 5.92 Å². The maximum atomic E-state index is 12.6. The molecule has 9 heteroatoms. The fourth-order valence-corrected chi connectivity index (χ4v) is 4.71. The molecule has 4 rings (SSSR count). The van der Waals surface area contributed by atoms with Crippen LogP contribution in [0.5, 0.6) is 0 Å². The van der Waals surface area contributed by atoms with Crippen LogP contribution >= 0.6 is 0 Å². The van der Waals surface area contributed by atoms with Gasteiger partial charge in [-0.15, -0.1) is 0 Å². The Morgan fingerprint density at radius 2 is 1.75 bits per heavy atom. The van der Waals surface area contributed by atoms with Gasteiger partial charge in [-0.1, -0.05) is 6.07 Å². The number of hydrogen-bond donors (Lipinski definition) is 4. The lowest BCUT2D eigenvalue weighted by atomic mass is 9.96. The van der Waals surface area contributed by atoms with Crippen molar-refractivity contribution < 1.29 is 14.4 Å². The Morgan fingerprint density at radius 1 is 1.00 bits per heavy atom. The van der Waals surface area contributed by atoms with E-state index in [2.05, 4.69) is 31.1 Å². The van der Waals surface area contributed by atoms with Crippen molar-refractivity contribution in [2.75, 3.05) is 63.0 Å². The van der Waals surface area contributed by atoms with Gasteiger partial charge in [-0.3, -0.25) is 24.6 Å². The van der Waals surface area contributed by atoms with E-state index in [0.29, 0.717) is 25.1 Å². The molecular formula is C23H34N6O3. The molecule has 1 unspecified atom stereocenters. The number of piperazine rings is 1. The van der Waals surface area contributed by atoms with Crippen LogP contribution < -0.4 is 21.3 Å². The first kappa shape index (κ1) is 22.7. The van der Waals surface area contributed by atoms with E-state index in [-0.39, 0.29) is 17.7 Å². The van der Waals surface area contributed by atoms with E-state index in [1.165, 1.54) is 6.54 Å². The first-order chi connectivity index (χ1) is 15.5. The standard InChI is InChI=1S/C23H34N6O3/c30-21-5-4-20(23(32)27-21)25-18-2-1-3-19(14-18)26-22(31)16-28-10-6-17(7-11-28)15-29-12-8-24-9-13-29/h1-3,14,17,20,24-25H,4-13,15-16H2,(H,26,31)(H,27,30,32). The smallest absolute Gasteiger partial charge is 0.249 e. The molecule has 3 fully saturated rings. The summed E-state index contributed by atoms with van der Waals surface area (Å²) < 4.78 is 0. The van der Waals surface area contributed by atoms with Crippen molar-refractivity contribution in [1.29, 1.82) is 0 Å². The van der Waals surface area contributed by atoms with Gasteiger partial charge in [0.05, 0.1) is 6.54 Å². The molecule has 3 heterocycles. The van der Waals surface area contributed by atoms with Gasteiger partial charge in [0.15, 0.2) is 0 Å². The van der Waals surface area contributed by atoms with Gasteiger partial charge in [0.2, 0.25) is 17.7 Å². The monoisotopic (exact) mass is 442 g/mol. The number of benzene rings is 1. The average Bonchev–Trinajstić information content (AvgIpc) is 2.78. The normalized spacial score (nSPS) is 23.6. The zero-order valence-electron chi connectivity index (χ0n) is 18.6. The molecule has 0 radical (unpaired) electrons. The Morgan fingerprint density at radius 3 is 2.50 bits per heavy atom. The lowest BCUT2D eigenvalue weighted by Gasteiger charge is -2.36. The van der Waals surface area contributed by atoms with Crippen LogP contribution in [0.25, 0.3) is 0 Å². The van der Waals surface area contributed by atoms with Crippen LogP contribution in [0.15, 0.2) is 24.3 Å². The maximum absolute atomic E-state index is 12.6. The molecule has 0 saturated carbocycles. The molecule has 4 N–H and O–H groups in total. The van der Waals surface area contributed by atoms with Crippen LogP contribution in [0.3, 0.4) is 0 Å². The van der Waals surface area contributed by atoms with Crippen molar-refractivity contribution in [3.05, 3.63) is 24.3 Å². The maximum Gasteiger partial charge on any atom is 0.249 e. The van der Waals surface area contributed by atoms with Crippen LogP contribution in [0.2, 0.25) is 0 Å². The van der Waals surface area contributed by atoms with E-state index in [9.17, 15) is 14.4 Å². The number of hydrogen-bond acceptors (Lipinski definition) is 7. The van der Waals surface area contributed by atoms with Crippen LogP contribution in [0.1, 0.15) is 25.7 Å². The Bertz CT molecular complexity index is 818. The quantitative estimate of drug-likeness (QED) is 0.455. The molecule has 32 heavy (non-hydrogen) atoms. The number of nitrogens with one attached hydrogen (secondary N) is 4. The minimum atomic E-state index is -0.443. The molecule has 1 atom stereocenters. The third-order valence-electron chi connectivity index (χ3n) is 6.53. The predicted molar refractivity (Wildman–Crippen MR) is 123 cm³/mol. The molecule has 174 valence electrons. The molecule has 3 aliphatic heterocycles. The highest BCUT2D eigenvalue weighted by atomic mass is 16.2. The fraction of sp³-hybridized carbons (Fsp3) is 0.609. The molecule has 0 bridgehead atoms. The average molecular weight is 443 g/mol. The van der Waals surface area contributed by atoms with Crippen molar-refractivity contribution in [3.63, 3.8) is 0 Å². The second kappa shape index (κ2) is 10.9.